The lowest BCUT2D eigenvalue weighted by atomic mass is 10.2. The van der Waals surface area contributed by atoms with E-state index in [9.17, 15) is 0 Å². The van der Waals surface area contributed by atoms with Gasteiger partial charge in [0, 0.05) is 31.7 Å². The highest BCUT2D eigenvalue weighted by molar-refractivity contribution is 7.98. The fourth-order valence-electron chi connectivity index (χ4n) is 2.67. The number of hydrogen-bond acceptors (Lipinski definition) is 6. The van der Waals surface area contributed by atoms with E-state index in [2.05, 4.69) is 47.2 Å². The van der Waals surface area contributed by atoms with Crippen molar-refractivity contribution in [1.29, 1.82) is 0 Å². The van der Waals surface area contributed by atoms with Crippen molar-refractivity contribution in [3.05, 3.63) is 6.07 Å². The van der Waals surface area contributed by atoms with Gasteiger partial charge in [-0.05, 0) is 40.1 Å². The highest BCUT2D eigenvalue weighted by Crippen LogP contribution is 2.27. The zero-order valence-electron chi connectivity index (χ0n) is 12.9. The lowest BCUT2D eigenvalue weighted by Crippen LogP contribution is -2.38. The van der Waals surface area contributed by atoms with E-state index in [1.165, 1.54) is 12.8 Å². The molecule has 0 aromatic carbocycles. The molecule has 1 atom stereocenters. The molecule has 112 valence electrons. The topological polar surface area (TPSA) is 44.3 Å². The minimum atomic E-state index is 0.559. The Morgan fingerprint density at radius 3 is 2.90 bits per heavy atom. The molecular formula is C14H25N5S. The first-order valence-electron chi connectivity index (χ1n) is 7.22. The molecular weight excluding hydrogens is 270 g/mol. The lowest BCUT2D eigenvalue weighted by molar-refractivity contribution is 0.371. The van der Waals surface area contributed by atoms with Gasteiger partial charge in [-0.1, -0.05) is 11.8 Å². The molecule has 0 aliphatic carbocycles. The molecule has 0 radical (unpaired) electrons. The molecule has 20 heavy (non-hydrogen) atoms. The van der Waals surface area contributed by atoms with Crippen molar-refractivity contribution in [1.82, 2.24) is 14.9 Å². The summed E-state index contributed by atoms with van der Waals surface area (Å²) in [5, 5.41) is 4.14. The summed E-state index contributed by atoms with van der Waals surface area (Å²) < 4.78 is 0. The first kappa shape index (κ1) is 15.4. The van der Waals surface area contributed by atoms with Crippen LogP contribution in [-0.2, 0) is 0 Å². The normalized spacial score (nSPS) is 18.9. The van der Waals surface area contributed by atoms with Crippen LogP contribution in [0, 0.1) is 0 Å². The van der Waals surface area contributed by atoms with Crippen LogP contribution in [0.25, 0.3) is 0 Å². The third-order valence-electron chi connectivity index (χ3n) is 3.48. The Morgan fingerprint density at radius 1 is 1.45 bits per heavy atom. The van der Waals surface area contributed by atoms with Crippen LogP contribution in [0.1, 0.15) is 19.8 Å². The van der Waals surface area contributed by atoms with Crippen LogP contribution in [0.15, 0.2) is 11.2 Å². The Balaban J connectivity index is 2.23. The fourth-order valence-corrected chi connectivity index (χ4v) is 3.05. The van der Waals surface area contributed by atoms with Gasteiger partial charge in [0.25, 0.3) is 0 Å². The van der Waals surface area contributed by atoms with Crippen LogP contribution in [0.3, 0.4) is 0 Å². The molecule has 1 aromatic heterocycles. The quantitative estimate of drug-likeness (QED) is 0.641. The van der Waals surface area contributed by atoms with Crippen molar-refractivity contribution in [2.45, 2.75) is 31.0 Å². The van der Waals surface area contributed by atoms with E-state index in [0.29, 0.717) is 6.04 Å². The number of aromatic nitrogens is 2. The molecule has 5 nitrogen and oxygen atoms in total. The molecule has 6 heteroatoms. The monoisotopic (exact) mass is 295 g/mol. The van der Waals surface area contributed by atoms with E-state index in [4.69, 9.17) is 4.98 Å². The van der Waals surface area contributed by atoms with Gasteiger partial charge in [0.05, 0.1) is 0 Å². The first-order valence-corrected chi connectivity index (χ1v) is 8.44. The molecule has 0 spiro atoms. The van der Waals surface area contributed by atoms with Gasteiger partial charge in [0.15, 0.2) is 5.16 Å². The molecule has 0 amide bonds. The molecule has 2 heterocycles. The second-order valence-electron chi connectivity index (χ2n) is 5.38. The van der Waals surface area contributed by atoms with Crippen LogP contribution >= 0.6 is 11.8 Å². The molecule has 1 N–H and O–H groups in total. The zero-order chi connectivity index (χ0) is 14.5. The molecule has 2 rings (SSSR count). The number of anilines is 2. The highest BCUT2D eigenvalue weighted by atomic mass is 32.2. The van der Waals surface area contributed by atoms with Crippen molar-refractivity contribution in [3.63, 3.8) is 0 Å². The summed E-state index contributed by atoms with van der Waals surface area (Å²) in [6.07, 6.45) is 4.51. The number of likely N-dealkylation sites (N-methyl/N-ethyl adjacent to an activating group) is 1. The Labute approximate surface area is 126 Å². The van der Waals surface area contributed by atoms with Crippen molar-refractivity contribution in [3.8, 4) is 0 Å². The molecule has 1 unspecified atom stereocenters. The van der Waals surface area contributed by atoms with E-state index < -0.39 is 0 Å². The first-order chi connectivity index (χ1) is 9.63. The maximum Gasteiger partial charge on any atom is 0.191 e. The van der Waals surface area contributed by atoms with Gasteiger partial charge >= 0.3 is 0 Å². The minimum Gasteiger partial charge on any atom is -0.370 e. The molecule has 1 saturated heterocycles. The number of nitrogens with one attached hydrogen (secondary N) is 1. The summed E-state index contributed by atoms with van der Waals surface area (Å²) in [7, 11) is 4.27. The van der Waals surface area contributed by atoms with Gasteiger partial charge in [0.2, 0.25) is 0 Å². The molecule has 1 aliphatic rings. The number of thioether (sulfide) groups is 1. The summed E-state index contributed by atoms with van der Waals surface area (Å²) in [5.41, 5.74) is 0. The van der Waals surface area contributed by atoms with Crippen LogP contribution in [0.5, 0.6) is 0 Å². The number of hydrogen-bond donors (Lipinski definition) is 1. The standard InChI is InChI=1S/C14H25N5S/c1-5-15-12-9-13(17-14(16-12)20-4)19-8-6-7-11(19)10-18(2)3/h9,11H,5-8,10H2,1-4H3,(H,15,16,17). The summed E-state index contributed by atoms with van der Waals surface area (Å²) in [4.78, 5) is 13.9. The van der Waals surface area contributed by atoms with Crippen LogP contribution in [0.4, 0.5) is 11.6 Å². The Morgan fingerprint density at radius 2 is 2.25 bits per heavy atom. The number of nitrogens with zero attached hydrogens (tertiary/aromatic N) is 4. The Hall–Kier alpha value is -1.01. The maximum atomic E-state index is 4.69. The summed E-state index contributed by atoms with van der Waals surface area (Å²) in [6.45, 7) is 5.14. The van der Waals surface area contributed by atoms with Crippen molar-refractivity contribution in [2.75, 3.05) is 50.2 Å². The second kappa shape index (κ2) is 7.13. The van der Waals surface area contributed by atoms with Crippen LogP contribution in [0.2, 0.25) is 0 Å². The Kier molecular flexibility index (Phi) is 5.48. The second-order valence-corrected chi connectivity index (χ2v) is 6.15. The van der Waals surface area contributed by atoms with Crippen LogP contribution in [-0.4, -0.2) is 60.9 Å². The van der Waals surface area contributed by atoms with Gasteiger partial charge < -0.3 is 15.1 Å². The largest absolute Gasteiger partial charge is 0.370 e. The summed E-state index contributed by atoms with van der Waals surface area (Å²) >= 11 is 1.60. The molecule has 0 saturated carbocycles. The van der Waals surface area contributed by atoms with Gasteiger partial charge in [-0.25, -0.2) is 9.97 Å². The fraction of sp³-hybridized carbons (Fsp3) is 0.714. The van der Waals surface area contributed by atoms with E-state index >= 15 is 0 Å². The maximum absolute atomic E-state index is 4.69. The van der Waals surface area contributed by atoms with Crippen LogP contribution < -0.4 is 10.2 Å². The summed E-state index contributed by atoms with van der Waals surface area (Å²) in [5.74, 6) is 1.99. The molecule has 1 aliphatic heterocycles. The van der Waals surface area contributed by atoms with Crippen molar-refractivity contribution >= 4 is 23.4 Å². The SMILES string of the molecule is CCNc1cc(N2CCCC2CN(C)C)nc(SC)n1. The molecule has 0 bridgehead atoms. The smallest absolute Gasteiger partial charge is 0.191 e. The van der Waals surface area contributed by atoms with Crippen molar-refractivity contribution < 1.29 is 0 Å². The van der Waals surface area contributed by atoms with E-state index in [0.717, 1.165) is 36.4 Å². The minimum absolute atomic E-state index is 0.559. The zero-order valence-corrected chi connectivity index (χ0v) is 13.7. The van der Waals surface area contributed by atoms with Gasteiger partial charge in [-0.15, -0.1) is 0 Å². The number of rotatable bonds is 6. The molecule has 1 fully saturated rings. The highest BCUT2D eigenvalue weighted by Gasteiger charge is 2.26. The molecule has 1 aromatic rings. The lowest BCUT2D eigenvalue weighted by Gasteiger charge is -2.28. The van der Waals surface area contributed by atoms with E-state index in [1.54, 1.807) is 11.8 Å². The van der Waals surface area contributed by atoms with E-state index in [-0.39, 0.29) is 0 Å². The third-order valence-corrected chi connectivity index (χ3v) is 4.03. The average molecular weight is 295 g/mol. The Bertz CT molecular complexity index is 438. The average Bonchev–Trinajstić information content (AvgIpc) is 2.86. The van der Waals surface area contributed by atoms with Crippen molar-refractivity contribution in [2.24, 2.45) is 0 Å². The predicted molar refractivity (Wildman–Crippen MR) is 86.9 cm³/mol. The third kappa shape index (κ3) is 3.76. The van der Waals surface area contributed by atoms with Gasteiger partial charge in [-0.2, -0.15) is 0 Å². The van der Waals surface area contributed by atoms with Gasteiger partial charge in [-0.3, -0.25) is 0 Å². The van der Waals surface area contributed by atoms with Gasteiger partial charge in [0.1, 0.15) is 11.6 Å². The van der Waals surface area contributed by atoms with E-state index in [1.807, 2.05) is 6.26 Å². The summed E-state index contributed by atoms with van der Waals surface area (Å²) in [6, 6.07) is 2.64. The predicted octanol–water partition coefficient (Wildman–Crippen LogP) is 2.16.